The van der Waals surface area contributed by atoms with Crippen LogP contribution in [0.5, 0.6) is 0 Å². The van der Waals surface area contributed by atoms with Crippen molar-refractivity contribution in [2.75, 3.05) is 6.26 Å². The Kier molecular flexibility index (Phi) is 4.44. The standard InChI is InChI=1S/C11H12N2OS3/c1-7-5-8(6-14)3-4-9(7)16-11-13-12-10(15-2)17-11/h3-5,14H,6H2,1-2H3. The zero-order valence-corrected chi connectivity index (χ0v) is 12.0. The second-order valence-electron chi connectivity index (χ2n) is 3.40. The summed E-state index contributed by atoms with van der Waals surface area (Å²) in [4.78, 5) is 1.16. The highest BCUT2D eigenvalue weighted by Gasteiger charge is 2.07. The van der Waals surface area contributed by atoms with Crippen LogP contribution < -0.4 is 0 Å². The fraction of sp³-hybridized carbons (Fsp3) is 0.273. The quantitative estimate of drug-likeness (QED) is 0.874. The van der Waals surface area contributed by atoms with E-state index < -0.39 is 0 Å². The predicted octanol–water partition coefficient (Wildman–Crippen LogP) is 3.21. The van der Waals surface area contributed by atoms with Gasteiger partial charge in [-0.25, -0.2) is 0 Å². The van der Waals surface area contributed by atoms with Gasteiger partial charge >= 0.3 is 0 Å². The van der Waals surface area contributed by atoms with Crippen molar-refractivity contribution in [3.63, 3.8) is 0 Å². The summed E-state index contributed by atoms with van der Waals surface area (Å²) in [7, 11) is 0. The average molecular weight is 284 g/mol. The maximum atomic E-state index is 9.05. The Hall–Kier alpha value is -0.560. The highest BCUT2D eigenvalue weighted by Crippen LogP contribution is 2.34. The smallest absolute Gasteiger partial charge is 0.179 e. The van der Waals surface area contributed by atoms with E-state index in [2.05, 4.69) is 10.2 Å². The molecule has 0 fully saturated rings. The summed E-state index contributed by atoms with van der Waals surface area (Å²) < 4.78 is 1.94. The van der Waals surface area contributed by atoms with Gasteiger partial charge in [0.1, 0.15) is 0 Å². The molecular weight excluding hydrogens is 272 g/mol. The highest BCUT2D eigenvalue weighted by atomic mass is 32.2. The number of thioether (sulfide) groups is 1. The third-order valence-electron chi connectivity index (χ3n) is 2.18. The number of aliphatic hydroxyl groups is 1. The van der Waals surface area contributed by atoms with Crippen molar-refractivity contribution in [3.05, 3.63) is 29.3 Å². The molecule has 0 unspecified atom stereocenters. The molecule has 1 aromatic heterocycles. The molecule has 17 heavy (non-hydrogen) atoms. The van der Waals surface area contributed by atoms with Crippen molar-refractivity contribution in [1.82, 2.24) is 10.2 Å². The van der Waals surface area contributed by atoms with E-state index in [4.69, 9.17) is 5.11 Å². The lowest BCUT2D eigenvalue weighted by molar-refractivity contribution is 0.281. The van der Waals surface area contributed by atoms with Crippen molar-refractivity contribution < 1.29 is 5.11 Å². The molecule has 1 N–H and O–H groups in total. The molecule has 6 heteroatoms. The van der Waals surface area contributed by atoms with Crippen LogP contribution in [0.2, 0.25) is 0 Å². The summed E-state index contributed by atoms with van der Waals surface area (Å²) in [6.07, 6.45) is 2.00. The number of hydrogen-bond donors (Lipinski definition) is 1. The lowest BCUT2D eigenvalue weighted by Crippen LogP contribution is -1.86. The molecule has 0 radical (unpaired) electrons. The third-order valence-corrected chi connectivity index (χ3v) is 5.31. The molecule has 0 saturated carbocycles. The number of aromatic nitrogens is 2. The first-order chi connectivity index (χ1) is 8.22. The lowest BCUT2D eigenvalue weighted by atomic mass is 10.1. The maximum Gasteiger partial charge on any atom is 0.179 e. The summed E-state index contributed by atoms with van der Waals surface area (Å²) >= 11 is 4.83. The van der Waals surface area contributed by atoms with Crippen LogP contribution in [0.25, 0.3) is 0 Å². The molecule has 0 bridgehead atoms. The van der Waals surface area contributed by atoms with Crippen LogP contribution >= 0.6 is 34.9 Å². The van der Waals surface area contributed by atoms with Crippen molar-refractivity contribution in [2.24, 2.45) is 0 Å². The van der Waals surface area contributed by atoms with Crippen LogP contribution in [0.1, 0.15) is 11.1 Å². The molecule has 0 aliphatic carbocycles. The zero-order valence-electron chi connectivity index (χ0n) is 9.51. The maximum absolute atomic E-state index is 9.05. The molecule has 0 aliphatic heterocycles. The minimum atomic E-state index is 0.0845. The minimum absolute atomic E-state index is 0.0845. The highest BCUT2D eigenvalue weighted by molar-refractivity contribution is 8.03. The van der Waals surface area contributed by atoms with Gasteiger partial charge in [0.25, 0.3) is 0 Å². The van der Waals surface area contributed by atoms with Crippen LogP contribution in [0.3, 0.4) is 0 Å². The van der Waals surface area contributed by atoms with Crippen molar-refractivity contribution in [1.29, 1.82) is 0 Å². The van der Waals surface area contributed by atoms with E-state index in [0.717, 1.165) is 24.7 Å². The molecule has 2 rings (SSSR count). The first-order valence-corrected chi connectivity index (χ1v) is 7.84. The summed E-state index contributed by atoms with van der Waals surface area (Å²) in [5.41, 5.74) is 2.09. The van der Waals surface area contributed by atoms with Gasteiger partial charge in [0.2, 0.25) is 0 Å². The number of benzene rings is 1. The molecule has 0 atom stereocenters. The molecule has 3 nitrogen and oxygen atoms in total. The Morgan fingerprint density at radius 1 is 1.29 bits per heavy atom. The predicted molar refractivity (Wildman–Crippen MR) is 72.9 cm³/mol. The average Bonchev–Trinajstić information content (AvgIpc) is 2.79. The van der Waals surface area contributed by atoms with E-state index in [-0.39, 0.29) is 6.61 Å². The van der Waals surface area contributed by atoms with Crippen molar-refractivity contribution in [3.8, 4) is 0 Å². The van der Waals surface area contributed by atoms with Gasteiger partial charge in [-0.05, 0) is 30.4 Å². The molecule has 90 valence electrons. The largest absolute Gasteiger partial charge is 0.392 e. The normalized spacial score (nSPS) is 10.8. The zero-order chi connectivity index (χ0) is 12.3. The third kappa shape index (κ3) is 3.22. The number of nitrogens with zero attached hydrogens (tertiary/aromatic N) is 2. The van der Waals surface area contributed by atoms with Crippen LogP contribution in [-0.4, -0.2) is 21.6 Å². The summed E-state index contributed by atoms with van der Waals surface area (Å²) in [6.45, 7) is 2.12. The first kappa shape index (κ1) is 12.9. The molecule has 0 amide bonds. The summed E-state index contributed by atoms with van der Waals surface area (Å²) in [5.74, 6) is 0. The number of hydrogen-bond acceptors (Lipinski definition) is 6. The first-order valence-electron chi connectivity index (χ1n) is 4.98. The van der Waals surface area contributed by atoms with Gasteiger partial charge in [-0.2, -0.15) is 0 Å². The molecule has 2 aromatic rings. The molecule has 1 aromatic carbocycles. The van der Waals surface area contributed by atoms with E-state index in [9.17, 15) is 0 Å². The summed E-state index contributed by atoms with van der Waals surface area (Å²) in [6, 6.07) is 5.95. The monoisotopic (exact) mass is 284 g/mol. The van der Waals surface area contributed by atoms with Crippen LogP contribution in [-0.2, 0) is 6.61 Å². The second-order valence-corrected chi connectivity index (χ2v) is 6.72. The number of aryl methyl sites for hydroxylation is 1. The van der Waals surface area contributed by atoms with Gasteiger partial charge in [-0.1, -0.05) is 47.0 Å². The Labute approximate surface area is 113 Å². The SMILES string of the molecule is CSc1nnc(Sc2ccc(CO)cc2C)s1. The van der Waals surface area contributed by atoms with E-state index in [1.165, 1.54) is 0 Å². The van der Waals surface area contributed by atoms with E-state index >= 15 is 0 Å². The van der Waals surface area contributed by atoms with Gasteiger partial charge < -0.3 is 5.11 Å². The van der Waals surface area contributed by atoms with E-state index in [0.29, 0.717) is 0 Å². The summed E-state index contributed by atoms with van der Waals surface area (Å²) in [5, 5.41) is 17.2. The van der Waals surface area contributed by atoms with Crippen LogP contribution in [0.15, 0.2) is 31.8 Å². The van der Waals surface area contributed by atoms with Crippen molar-refractivity contribution in [2.45, 2.75) is 27.1 Å². The van der Waals surface area contributed by atoms with Gasteiger partial charge in [0, 0.05) is 4.90 Å². The van der Waals surface area contributed by atoms with Crippen molar-refractivity contribution >= 4 is 34.9 Å². The second kappa shape index (κ2) is 5.86. The fourth-order valence-electron chi connectivity index (χ4n) is 1.34. The van der Waals surface area contributed by atoms with E-state index in [1.807, 2.05) is 31.4 Å². The Morgan fingerprint density at radius 3 is 2.65 bits per heavy atom. The number of rotatable bonds is 4. The van der Waals surface area contributed by atoms with Gasteiger partial charge in [0.05, 0.1) is 6.61 Å². The van der Waals surface area contributed by atoms with Gasteiger partial charge in [0.15, 0.2) is 8.68 Å². The molecule has 0 spiro atoms. The minimum Gasteiger partial charge on any atom is -0.392 e. The van der Waals surface area contributed by atoms with E-state index in [1.54, 1.807) is 34.9 Å². The number of aliphatic hydroxyl groups excluding tert-OH is 1. The molecular formula is C11H12N2OS3. The fourth-order valence-corrected chi connectivity index (χ4v) is 3.80. The van der Waals surface area contributed by atoms with Gasteiger partial charge in [-0.3, -0.25) is 0 Å². The molecule has 1 heterocycles. The van der Waals surface area contributed by atoms with Crippen LogP contribution in [0, 0.1) is 6.92 Å². The van der Waals surface area contributed by atoms with Crippen LogP contribution in [0.4, 0.5) is 0 Å². The lowest BCUT2D eigenvalue weighted by Gasteiger charge is -2.04. The molecule has 0 saturated heterocycles. The van der Waals surface area contributed by atoms with Gasteiger partial charge in [-0.15, -0.1) is 10.2 Å². The topological polar surface area (TPSA) is 46.0 Å². The Balaban J connectivity index is 2.18. The molecule has 0 aliphatic rings. The Bertz CT molecular complexity index is 513. The Morgan fingerprint density at radius 2 is 2.06 bits per heavy atom.